The number of amides is 1. The van der Waals surface area contributed by atoms with Gasteiger partial charge < -0.3 is 9.47 Å². The molecule has 0 saturated carbocycles. The summed E-state index contributed by atoms with van der Waals surface area (Å²) in [7, 11) is -2.16. The van der Waals surface area contributed by atoms with Crippen molar-refractivity contribution < 1.29 is 27.1 Å². The third-order valence-corrected chi connectivity index (χ3v) is 6.70. The standard InChI is InChI=1S/C22H19FN4O5S2/c1-3-34(29,30)22-26-21(33-27-22)25-20(28)16(12-24)10-15-6-9-18(19(11-15)31-2)32-13-14-4-7-17(23)8-5-14/h4-11H,3,13H2,1-2H3,(H,25,26,27,28)/b16-10-. The summed E-state index contributed by atoms with van der Waals surface area (Å²) in [5.41, 5.74) is 1.02. The lowest BCUT2D eigenvalue weighted by Gasteiger charge is -2.11. The first-order chi connectivity index (χ1) is 16.2. The Kier molecular flexibility index (Phi) is 7.93. The van der Waals surface area contributed by atoms with Crippen LogP contribution in [0, 0.1) is 17.1 Å². The first-order valence-electron chi connectivity index (χ1n) is 9.80. The van der Waals surface area contributed by atoms with Crippen LogP contribution in [0.5, 0.6) is 11.5 Å². The maximum Gasteiger partial charge on any atom is 0.268 e. The molecule has 1 amide bonds. The van der Waals surface area contributed by atoms with Gasteiger partial charge in [-0.05, 0) is 41.5 Å². The molecule has 0 aliphatic heterocycles. The first-order valence-corrected chi connectivity index (χ1v) is 12.2. The molecule has 34 heavy (non-hydrogen) atoms. The normalized spacial score (nSPS) is 11.5. The second-order valence-electron chi connectivity index (χ2n) is 6.73. The summed E-state index contributed by atoms with van der Waals surface area (Å²) in [4.78, 5) is 16.3. The molecule has 0 atom stereocenters. The van der Waals surface area contributed by atoms with Gasteiger partial charge >= 0.3 is 0 Å². The van der Waals surface area contributed by atoms with Crippen molar-refractivity contribution in [2.45, 2.75) is 18.7 Å². The topological polar surface area (TPSA) is 131 Å². The monoisotopic (exact) mass is 502 g/mol. The van der Waals surface area contributed by atoms with Crippen LogP contribution >= 0.6 is 11.5 Å². The molecule has 1 N–H and O–H groups in total. The van der Waals surface area contributed by atoms with Gasteiger partial charge in [-0.2, -0.15) is 14.6 Å². The number of nitrogens with one attached hydrogen (secondary N) is 1. The number of nitrogens with zero attached hydrogens (tertiary/aromatic N) is 3. The Hall–Kier alpha value is -3.82. The number of methoxy groups -OCH3 is 1. The fraction of sp³-hybridized carbons (Fsp3) is 0.182. The fourth-order valence-corrected chi connectivity index (χ4v) is 4.21. The lowest BCUT2D eigenvalue weighted by atomic mass is 10.1. The summed E-state index contributed by atoms with van der Waals surface area (Å²) in [6.45, 7) is 1.65. The number of rotatable bonds is 9. The van der Waals surface area contributed by atoms with Gasteiger partial charge in [0.1, 0.15) is 24.1 Å². The van der Waals surface area contributed by atoms with Crippen molar-refractivity contribution in [1.29, 1.82) is 5.26 Å². The van der Waals surface area contributed by atoms with Crippen LogP contribution in [0.25, 0.3) is 6.08 Å². The minimum Gasteiger partial charge on any atom is -0.493 e. The number of anilines is 1. The third kappa shape index (κ3) is 6.15. The lowest BCUT2D eigenvalue weighted by Crippen LogP contribution is -2.13. The number of hydrogen-bond acceptors (Lipinski definition) is 9. The highest BCUT2D eigenvalue weighted by atomic mass is 32.2. The predicted molar refractivity (Wildman–Crippen MR) is 124 cm³/mol. The molecule has 0 bridgehead atoms. The van der Waals surface area contributed by atoms with E-state index in [-0.39, 0.29) is 34.0 Å². The number of halogens is 1. The van der Waals surface area contributed by atoms with Crippen molar-refractivity contribution in [3.8, 4) is 17.6 Å². The van der Waals surface area contributed by atoms with Crippen molar-refractivity contribution >= 4 is 38.5 Å². The number of benzene rings is 2. The van der Waals surface area contributed by atoms with E-state index < -0.39 is 15.7 Å². The Morgan fingerprint density at radius 2 is 1.97 bits per heavy atom. The maximum atomic E-state index is 13.0. The largest absolute Gasteiger partial charge is 0.493 e. The van der Waals surface area contributed by atoms with Crippen LogP contribution in [-0.4, -0.2) is 36.5 Å². The molecule has 0 aliphatic carbocycles. The number of aromatic nitrogens is 2. The van der Waals surface area contributed by atoms with E-state index in [0.717, 1.165) is 5.56 Å². The summed E-state index contributed by atoms with van der Waals surface area (Å²) in [6, 6.07) is 12.5. The zero-order valence-corrected chi connectivity index (χ0v) is 19.7. The van der Waals surface area contributed by atoms with Crippen molar-refractivity contribution in [3.05, 3.63) is 65.0 Å². The van der Waals surface area contributed by atoms with E-state index in [4.69, 9.17) is 9.47 Å². The summed E-state index contributed by atoms with van der Waals surface area (Å²) in [6.07, 6.45) is 1.34. The van der Waals surface area contributed by atoms with E-state index >= 15 is 0 Å². The number of sulfone groups is 1. The minimum absolute atomic E-state index is 0.0414. The molecule has 12 heteroatoms. The second-order valence-corrected chi connectivity index (χ2v) is 9.66. The zero-order valence-electron chi connectivity index (χ0n) is 18.1. The molecule has 0 saturated heterocycles. The van der Waals surface area contributed by atoms with E-state index in [0.29, 0.717) is 28.6 Å². The Morgan fingerprint density at radius 1 is 1.24 bits per heavy atom. The summed E-state index contributed by atoms with van der Waals surface area (Å²) < 4.78 is 51.5. The molecule has 1 aromatic heterocycles. The van der Waals surface area contributed by atoms with Gasteiger partial charge in [0, 0.05) is 11.5 Å². The number of ether oxygens (including phenoxy) is 2. The van der Waals surface area contributed by atoms with Crippen LogP contribution in [0.4, 0.5) is 9.52 Å². The van der Waals surface area contributed by atoms with Crippen molar-refractivity contribution in [3.63, 3.8) is 0 Å². The van der Waals surface area contributed by atoms with Gasteiger partial charge in [-0.1, -0.05) is 25.1 Å². The smallest absolute Gasteiger partial charge is 0.268 e. The highest BCUT2D eigenvalue weighted by Gasteiger charge is 2.20. The molecule has 0 spiro atoms. The van der Waals surface area contributed by atoms with Crippen LogP contribution in [0.2, 0.25) is 0 Å². The van der Waals surface area contributed by atoms with Gasteiger partial charge in [-0.25, -0.2) is 12.8 Å². The summed E-state index contributed by atoms with van der Waals surface area (Å²) >= 11 is 0.701. The molecule has 0 fully saturated rings. The highest BCUT2D eigenvalue weighted by molar-refractivity contribution is 7.91. The fourth-order valence-electron chi connectivity index (χ4n) is 2.63. The highest BCUT2D eigenvalue weighted by Crippen LogP contribution is 2.30. The molecule has 1 heterocycles. The Bertz CT molecular complexity index is 1360. The molecule has 9 nitrogen and oxygen atoms in total. The van der Waals surface area contributed by atoms with Gasteiger partial charge in [0.05, 0.1) is 12.9 Å². The minimum atomic E-state index is -3.61. The number of carbonyl (C=O) groups excluding carboxylic acids is 1. The summed E-state index contributed by atoms with van der Waals surface area (Å²) in [5, 5.41) is 11.4. The molecule has 0 unspecified atom stereocenters. The predicted octanol–water partition coefficient (Wildman–Crippen LogP) is 3.60. The van der Waals surface area contributed by atoms with E-state index in [1.807, 2.05) is 0 Å². The van der Waals surface area contributed by atoms with Crippen LogP contribution in [0.15, 0.2) is 53.2 Å². The molecular weight excluding hydrogens is 483 g/mol. The second kappa shape index (κ2) is 10.9. The molecule has 176 valence electrons. The molecule has 0 radical (unpaired) electrons. The molecule has 3 rings (SSSR count). The Morgan fingerprint density at radius 3 is 2.62 bits per heavy atom. The van der Waals surface area contributed by atoms with E-state index in [2.05, 4.69) is 14.7 Å². The average Bonchev–Trinajstić information content (AvgIpc) is 3.31. The van der Waals surface area contributed by atoms with Crippen LogP contribution in [0.1, 0.15) is 18.1 Å². The van der Waals surface area contributed by atoms with Crippen LogP contribution < -0.4 is 14.8 Å². The number of nitriles is 1. The van der Waals surface area contributed by atoms with E-state index in [9.17, 15) is 22.9 Å². The Balaban J connectivity index is 1.74. The van der Waals surface area contributed by atoms with Gasteiger partial charge in [-0.3, -0.25) is 10.1 Å². The average molecular weight is 503 g/mol. The van der Waals surface area contributed by atoms with E-state index in [1.54, 1.807) is 36.4 Å². The third-order valence-electron chi connectivity index (χ3n) is 4.46. The van der Waals surface area contributed by atoms with Crippen LogP contribution in [0.3, 0.4) is 0 Å². The number of hydrogen-bond donors (Lipinski definition) is 1. The first kappa shape index (κ1) is 24.8. The molecule has 0 aliphatic rings. The van der Waals surface area contributed by atoms with Crippen molar-refractivity contribution in [2.75, 3.05) is 18.2 Å². The summed E-state index contributed by atoms with van der Waals surface area (Å²) in [5.74, 6) is -0.494. The van der Waals surface area contributed by atoms with Gasteiger partial charge in [-0.15, -0.1) is 0 Å². The van der Waals surface area contributed by atoms with Crippen molar-refractivity contribution in [2.24, 2.45) is 0 Å². The quantitative estimate of drug-likeness (QED) is 0.347. The van der Waals surface area contributed by atoms with Gasteiger partial charge in [0.2, 0.25) is 15.0 Å². The molecule has 2 aromatic carbocycles. The number of carbonyl (C=O) groups is 1. The molecular formula is C22H19FN4O5S2. The SMILES string of the molecule is CCS(=O)(=O)c1nsc(NC(=O)/C(C#N)=C\c2ccc(OCc3ccc(F)cc3)c(OC)c2)n1. The van der Waals surface area contributed by atoms with Crippen molar-refractivity contribution in [1.82, 2.24) is 9.36 Å². The zero-order chi connectivity index (χ0) is 24.7. The Labute approximate surface area is 199 Å². The maximum absolute atomic E-state index is 13.0. The lowest BCUT2D eigenvalue weighted by molar-refractivity contribution is -0.112. The van der Waals surface area contributed by atoms with Gasteiger partial charge in [0.15, 0.2) is 11.5 Å². The molecule has 3 aromatic rings. The van der Waals surface area contributed by atoms with E-state index in [1.165, 1.54) is 32.2 Å². The van der Waals surface area contributed by atoms with Crippen LogP contribution in [-0.2, 0) is 21.2 Å². The van der Waals surface area contributed by atoms with Gasteiger partial charge in [0.25, 0.3) is 11.1 Å².